The zero-order valence-corrected chi connectivity index (χ0v) is 14.4. The largest absolute Gasteiger partial charge is 0.467 e. The fourth-order valence-electron chi connectivity index (χ4n) is 2.66. The summed E-state index contributed by atoms with van der Waals surface area (Å²) in [7, 11) is 1.45. The molecule has 0 bridgehead atoms. The lowest BCUT2D eigenvalue weighted by molar-refractivity contribution is -0.127. The normalized spacial score (nSPS) is 11.7. The number of ether oxygens (including phenoxy) is 1. The first-order chi connectivity index (χ1) is 13.4. The summed E-state index contributed by atoms with van der Waals surface area (Å²) < 4.78 is 45.3. The van der Waals surface area contributed by atoms with Gasteiger partial charge in [-0.25, -0.2) is 24.9 Å². The molecule has 0 spiro atoms. The lowest BCUT2D eigenvalue weighted by atomic mass is 10.2. The summed E-state index contributed by atoms with van der Waals surface area (Å²) in [5.74, 6) is 0.477. The van der Waals surface area contributed by atoms with Gasteiger partial charge in [0.2, 0.25) is 11.7 Å². The average molecular weight is 390 g/mol. The first kappa shape index (κ1) is 17.7. The van der Waals surface area contributed by atoms with Crippen LogP contribution in [-0.2, 0) is 6.42 Å². The van der Waals surface area contributed by atoms with Gasteiger partial charge < -0.3 is 15.0 Å². The maximum absolute atomic E-state index is 13.0. The van der Waals surface area contributed by atoms with Crippen LogP contribution in [0.3, 0.4) is 0 Å². The fraction of sp³-hybridized carbons (Fsp3) is 0.188. The summed E-state index contributed by atoms with van der Waals surface area (Å²) in [5.41, 5.74) is 0.981. The molecule has 4 heterocycles. The quantitative estimate of drug-likeness (QED) is 0.540. The second kappa shape index (κ2) is 6.79. The number of rotatable bonds is 5. The van der Waals surface area contributed by atoms with E-state index < -0.39 is 12.6 Å². The number of aromatic amines is 1. The Bertz CT molecular complexity index is 1100. The lowest BCUT2D eigenvalue weighted by Crippen LogP contribution is -2.12. The number of aromatic nitrogens is 7. The monoisotopic (exact) mass is 390 g/mol. The average Bonchev–Trinajstić information content (AvgIpc) is 3.24. The zero-order valence-electron chi connectivity index (χ0n) is 14.4. The SMILES string of the molecule is COc1ncc(Nc2ncc(-c3c(CC(F)(F)F)nc4ncccn34)[nH]2)cn1. The number of halogens is 3. The van der Waals surface area contributed by atoms with E-state index in [1.165, 1.54) is 36.3 Å². The Labute approximate surface area is 155 Å². The van der Waals surface area contributed by atoms with Gasteiger partial charge >= 0.3 is 12.2 Å². The van der Waals surface area contributed by atoms with E-state index in [1.54, 1.807) is 12.3 Å². The fourth-order valence-corrected chi connectivity index (χ4v) is 2.66. The van der Waals surface area contributed by atoms with Crippen LogP contribution in [0.1, 0.15) is 5.69 Å². The van der Waals surface area contributed by atoms with Crippen LogP contribution in [-0.4, -0.2) is 47.6 Å². The van der Waals surface area contributed by atoms with Gasteiger partial charge in [0.05, 0.1) is 54.9 Å². The van der Waals surface area contributed by atoms with Crippen LogP contribution in [0.4, 0.5) is 24.8 Å². The number of alkyl halides is 3. The lowest BCUT2D eigenvalue weighted by Gasteiger charge is -2.06. The predicted molar refractivity (Wildman–Crippen MR) is 92.2 cm³/mol. The summed E-state index contributed by atoms with van der Waals surface area (Å²) in [6.07, 6.45) is 1.86. The summed E-state index contributed by atoms with van der Waals surface area (Å²) in [6, 6.07) is 1.82. The molecule has 0 saturated heterocycles. The van der Waals surface area contributed by atoms with E-state index >= 15 is 0 Å². The van der Waals surface area contributed by atoms with Crippen LogP contribution in [0, 0.1) is 0 Å². The second-order valence-corrected chi connectivity index (χ2v) is 5.72. The molecule has 28 heavy (non-hydrogen) atoms. The molecule has 0 fully saturated rings. The molecule has 9 nitrogen and oxygen atoms in total. The minimum absolute atomic E-state index is 0.144. The highest BCUT2D eigenvalue weighted by Crippen LogP contribution is 2.30. The van der Waals surface area contributed by atoms with Crippen molar-refractivity contribution < 1.29 is 17.9 Å². The van der Waals surface area contributed by atoms with Crippen molar-refractivity contribution >= 4 is 17.4 Å². The minimum Gasteiger partial charge on any atom is -0.467 e. The van der Waals surface area contributed by atoms with Gasteiger partial charge in [0.1, 0.15) is 0 Å². The van der Waals surface area contributed by atoms with Crippen LogP contribution >= 0.6 is 0 Å². The molecule has 0 radical (unpaired) electrons. The smallest absolute Gasteiger partial charge is 0.394 e. The van der Waals surface area contributed by atoms with E-state index in [4.69, 9.17) is 4.74 Å². The Morgan fingerprint density at radius 3 is 2.64 bits per heavy atom. The van der Waals surface area contributed by atoms with Crippen molar-refractivity contribution in [1.82, 2.24) is 34.3 Å². The van der Waals surface area contributed by atoms with Crippen LogP contribution in [0.2, 0.25) is 0 Å². The molecule has 0 atom stereocenters. The Kier molecular flexibility index (Phi) is 4.29. The van der Waals surface area contributed by atoms with E-state index in [0.29, 0.717) is 17.3 Å². The third kappa shape index (κ3) is 3.56. The first-order valence-corrected chi connectivity index (χ1v) is 8.00. The van der Waals surface area contributed by atoms with Gasteiger partial charge in [0.15, 0.2) is 0 Å². The first-order valence-electron chi connectivity index (χ1n) is 8.00. The highest BCUT2D eigenvalue weighted by atomic mass is 19.4. The van der Waals surface area contributed by atoms with E-state index in [-0.39, 0.29) is 23.2 Å². The van der Waals surface area contributed by atoms with E-state index in [0.717, 1.165) is 0 Å². The second-order valence-electron chi connectivity index (χ2n) is 5.72. The molecule has 0 aliphatic rings. The molecule has 0 saturated carbocycles. The van der Waals surface area contributed by atoms with Crippen molar-refractivity contribution in [1.29, 1.82) is 0 Å². The number of nitrogens with one attached hydrogen (secondary N) is 2. The Balaban J connectivity index is 1.69. The topological polar surface area (TPSA) is 106 Å². The molecule has 4 rings (SSSR count). The van der Waals surface area contributed by atoms with Crippen molar-refractivity contribution in [2.75, 3.05) is 12.4 Å². The molecule has 144 valence electrons. The van der Waals surface area contributed by atoms with Crippen molar-refractivity contribution in [3.8, 4) is 17.4 Å². The van der Waals surface area contributed by atoms with E-state index in [2.05, 4.69) is 35.2 Å². The molecule has 4 aromatic heterocycles. The van der Waals surface area contributed by atoms with Crippen molar-refractivity contribution in [2.24, 2.45) is 0 Å². The van der Waals surface area contributed by atoms with Gasteiger partial charge in [-0.3, -0.25) is 4.40 Å². The summed E-state index contributed by atoms with van der Waals surface area (Å²) in [4.78, 5) is 23.1. The van der Waals surface area contributed by atoms with Gasteiger partial charge in [-0.05, 0) is 6.07 Å². The minimum atomic E-state index is -4.41. The molecular formula is C16H13F3N8O. The molecule has 0 aromatic carbocycles. The van der Waals surface area contributed by atoms with Crippen molar-refractivity contribution in [2.45, 2.75) is 12.6 Å². The van der Waals surface area contributed by atoms with Gasteiger partial charge in [0, 0.05) is 12.4 Å². The number of hydrogen-bond acceptors (Lipinski definition) is 7. The highest BCUT2D eigenvalue weighted by molar-refractivity contribution is 5.65. The Hall–Kier alpha value is -3.70. The van der Waals surface area contributed by atoms with Gasteiger partial charge in [0.25, 0.3) is 0 Å². The maximum atomic E-state index is 13.0. The molecule has 2 N–H and O–H groups in total. The molecular weight excluding hydrogens is 377 g/mol. The number of nitrogens with zero attached hydrogens (tertiary/aromatic N) is 6. The highest BCUT2D eigenvalue weighted by Gasteiger charge is 2.32. The Morgan fingerprint density at radius 2 is 1.93 bits per heavy atom. The maximum Gasteiger partial charge on any atom is 0.394 e. The number of anilines is 2. The summed E-state index contributed by atoms with van der Waals surface area (Å²) in [5, 5.41) is 2.94. The van der Waals surface area contributed by atoms with Crippen LogP contribution < -0.4 is 10.1 Å². The van der Waals surface area contributed by atoms with Crippen LogP contribution in [0.25, 0.3) is 17.2 Å². The summed E-state index contributed by atoms with van der Waals surface area (Å²) >= 11 is 0. The Morgan fingerprint density at radius 1 is 1.14 bits per heavy atom. The van der Waals surface area contributed by atoms with Crippen LogP contribution in [0.15, 0.2) is 37.1 Å². The van der Waals surface area contributed by atoms with Gasteiger partial charge in [-0.15, -0.1) is 0 Å². The number of hydrogen-bond donors (Lipinski definition) is 2. The molecule has 0 aliphatic carbocycles. The van der Waals surface area contributed by atoms with Gasteiger partial charge in [-0.2, -0.15) is 13.2 Å². The number of H-pyrrole nitrogens is 1. The van der Waals surface area contributed by atoms with E-state index in [9.17, 15) is 13.2 Å². The standard InChI is InChI=1S/C16H13F3N8O/c1-28-15-22-6-9(7-23-15)24-13-21-8-11(25-13)12-10(5-16(17,18)19)26-14-20-3-2-4-27(12)14/h2-4,6-8H,5H2,1H3,(H2,21,24,25). The third-order valence-corrected chi connectivity index (χ3v) is 3.75. The van der Waals surface area contributed by atoms with Gasteiger partial charge in [-0.1, -0.05) is 0 Å². The molecule has 0 amide bonds. The number of methoxy groups -OCH3 is 1. The zero-order chi connectivity index (χ0) is 19.7. The van der Waals surface area contributed by atoms with Crippen molar-refractivity contribution in [3.63, 3.8) is 0 Å². The molecule has 4 aromatic rings. The molecule has 12 heteroatoms. The van der Waals surface area contributed by atoms with Crippen LogP contribution in [0.5, 0.6) is 6.01 Å². The third-order valence-electron chi connectivity index (χ3n) is 3.75. The summed E-state index contributed by atoms with van der Waals surface area (Å²) in [6.45, 7) is 0. The number of imidazole rings is 2. The van der Waals surface area contributed by atoms with E-state index in [1.807, 2.05) is 0 Å². The van der Waals surface area contributed by atoms with Crippen molar-refractivity contribution in [3.05, 3.63) is 42.7 Å². The molecule has 0 unspecified atom stereocenters. The predicted octanol–water partition coefficient (Wildman–Crippen LogP) is 2.77. The molecule has 0 aliphatic heterocycles. The number of fused-ring (bicyclic) bond motifs is 1.